The number of carboxylic acids is 1. The van der Waals surface area contributed by atoms with E-state index in [0.717, 1.165) is 16.7 Å². The van der Waals surface area contributed by atoms with Gasteiger partial charge in [-0.1, -0.05) is 87.8 Å². The van der Waals surface area contributed by atoms with Crippen LogP contribution in [0.25, 0.3) is 0 Å². The highest BCUT2D eigenvalue weighted by molar-refractivity contribution is 6.43. The van der Waals surface area contributed by atoms with Crippen molar-refractivity contribution in [1.29, 1.82) is 0 Å². The largest absolute Gasteiger partial charge is 0.481 e. The first-order valence-corrected chi connectivity index (χ1v) is 11.0. The quantitative estimate of drug-likeness (QED) is 0.328. The lowest BCUT2D eigenvalue weighted by molar-refractivity contribution is -0.137. The van der Waals surface area contributed by atoms with Crippen molar-refractivity contribution in [3.05, 3.63) is 101 Å². The van der Waals surface area contributed by atoms with E-state index in [9.17, 15) is 9.90 Å². The first-order valence-electron chi connectivity index (χ1n) is 8.73. The van der Waals surface area contributed by atoms with Crippen molar-refractivity contribution in [3.8, 4) is 0 Å². The smallest absolute Gasteiger partial charge is 0.303 e. The second-order valence-electron chi connectivity index (χ2n) is 6.69. The van der Waals surface area contributed by atoms with E-state index in [1.165, 1.54) is 0 Å². The lowest BCUT2D eigenvalue weighted by Gasteiger charge is -2.36. The molecule has 30 heavy (non-hydrogen) atoms. The summed E-state index contributed by atoms with van der Waals surface area (Å²) in [7, 11) is 0. The van der Waals surface area contributed by atoms with Gasteiger partial charge in [0.15, 0.2) is 0 Å². The molecule has 156 valence electrons. The fourth-order valence-electron chi connectivity index (χ4n) is 3.51. The summed E-state index contributed by atoms with van der Waals surface area (Å²) in [6.45, 7) is 0. The van der Waals surface area contributed by atoms with Crippen LogP contribution in [0, 0.1) is 0 Å². The standard InChI is InChI=1S/C22H14Cl6O2/c23-15-4-1-12(9-18(15)26)22(8-7-21(29)30,13-2-5-16(24)19(27)10-13)14-3-6-17(25)20(28)11-14/h1-6,9-11H,7-8H2,(H,29,30). The molecule has 0 saturated heterocycles. The van der Waals surface area contributed by atoms with Gasteiger partial charge in [0.2, 0.25) is 0 Å². The fourth-order valence-corrected chi connectivity index (χ4v) is 4.41. The van der Waals surface area contributed by atoms with Crippen molar-refractivity contribution in [3.63, 3.8) is 0 Å². The molecular weight excluding hydrogens is 509 g/mol. The van der Waals surface area contributed by atoms with E-state index in [2.05, 4.69) is 0 Å². The first kappa shape index (κ1) is 23.5. The predicted octanol–water partition coefficient (Wildman–Crippen LogP) is 8.81. The van der Waals surface area contributed by atoms with Gasteiger partial charge in [0.05, 0.1) is 30.1 Å². The van der Waals surface area contributed by atoms with Gasteiger partial charge in [-0.3, -0.25) is 4.79 Å². The highest BCUT2D eigenvalue weighted by Crippen LogP contribution is 2.47. The Morgan fingerprint density at radius 3 is 1.23 bits per heavy atom. The van der Waals surface area contributed by atoms with E-state index < -0.39 is 11.4 Å². The third-order valence-electron chi connectivity index (χ3n) is 4.95. The zero-order chi connectivity index (χ0) is 22.1. The van der Waals surface area contributed by atoms with Crippen LogP contribution in [0.2, 0.25) is 30.1 Å². The molecule has 0 aliphatic heterocycles. The number of carboxylic acid groups (broad SMARTS) is 1. The van der Waals surface area contributed by atoms with Gasteiger partial charge in [0.25, 0.3) is 0 Å². The Kier molecular flexibility index (Phi) is 7.50. The SMILES string of the molecule is O=C(O)CCC(c1ccc(Cl)c(Cl)c1)(c1ccc(Cl)c(Cl)c1)c1ccc(Cl)c(Cl)c1. The molecule has 0 bridgehead atoms. The molecule has 0 saturated carbocycles. The molecule has 0 spiro atoms. The minimum absolute atomic E-state index is 0.124. The fraction of sp³-hybridized carbons (Fsp3) is 0.136. The van der Waals surface area contributed by atoms with Crippen LogP contribution in [0.5, 0.6) is 0 Å². The second-order valence-corrected chi connectivity index (χ2v) is 9.13. The first-order chi connectivity index (χ1) is 14.1. The molecule has 3 aromatic rings. The molecule has 0 unspecified atom stereocenters. The lowest BCUT2D eigenvalue weighted by atomic mass is 9.66. The molecule has 0 aliphatic rings. The van der Waals surface area contributed by atoms with Crippen LogP contribution in [0.4, 0.5) is 0 Å². The third-order valence-corrected chi connectivity index (χ3v) is 7.17. The molecular formula is C22H14Cl6O2. The highest BCUT2D eigenvalue weighted by atomic mass is 35.5. The Bertz CT molecular complexity index is 988. The summed E-state index contributed by atoms with van der Waals surface area (Å²) in [6.07, 6.45) is 0.0803. The normalized spacial score (nSPS) is 11.5. The number of benzene rings is 3. The van der Waals surface area contributed by atoms with E-state index in [1.54, 1.807) is 54.6 Å². The summed E-state index contributed by atoms with van der Waals surface area (Å²) < 4.78 is 0. The van der Waals surface area contributed by atoms with E-state index in [1.807, 2.05) is 0 Å². The summed E-state index contributed by atoms with van der Waals surface area (Å²) in [4.78, 5) is 11.6. The zero-order valence-electron chi connectivity index (χ0n) is 15.2. The van der Waals surface area contributed by atoms with Gasteiger partial charge in [-0.05, 0) is 59.5 Å². The van der Waals surface area contributed by atoms with Gasteiger partial charge in [-0.25, -0.2) is 0 Å². The number of hydrogen-bond donors (Lipinski definition) is 1. The number of aliphatic carboxylic acids is 1. The predicted molar refractivity (Wildman–Crippen MR) is 126 cm³/mol. The van der Waals surface area contributed by atoms with Crippen molar-refractivity contribution >= 4 is 75.6 Å². The molecule has 0 aliphatic carbocycles. The van der Waals surface area contributed by atoms with Crippen molar-refractivity contribution < 1.29 is 9.90 Å². The molecule has 0 atom stereocenters. The van der Waals surface area contributed by atoms with E-state index in [0.29, 0.717) is 30.1 Å². The van der Waals surface area contributed by atoms with Gasteiger partial charge >= 0.3 is 5.97 Å². The summed E-state index contributed by atoms with van der Waals surface area (Å²) in [6, 6.07) is 15.6. The van der Waals surface area contributed by atoms with E-state index >= 15 is 0 Å². The van der Waals surface area contributed by atoms with Crippen molar-refractivity contribution in [2.75, 3.05) is 0 Å². The van der Waals surface area contributed by atoms with Crippen molar-refractivity contribution in [2.24, 2.45) is 0 Å². The molecule has 2 nitrogen and oxygen atoms in total. The highest BCUT2D eigenvalue weighted by Gasteiger charge is 2.38. The Morgan fingerprint density at radius 2 is 0.967 bits per heavy atom. The molecule has 0 fully saturated rings. The maximum atomic E-state index is 11.6. The Labute approximate surface area is 204 Å². The average Bonchev–Trinajstić information content (AvgIpc) is 2.69. The summed E-state index contributed by atoms with van der Waals surface area (Å²) in [5.74, 6) is -0.945. The Hall–Kier alpha value is -1.13. The molecule has 1 N–H and O–H groups in total. The van der Waals surface area contributed by atoms with Crippen LogP contribution in [0.3, 0.4) is 0 Å². The van der Waals surface area contributed by atoms with Crippen LogP contribution in [0.1, 0.15) is 29.5 Å². The molecule has 0 radical (unpaired) electrons. The van der Waals surface area contributed by atoms with Crippen LogP contribution < -0.4 is 0 Å². The molecule has 0 aromatic heterocycles. The topological polar surface area (TPSA) is 37.3 Å². The second kappa shape index (κ2) is 9.56. The summed E-state index contributed by atoms with van der Waals surface area (Å²) in [5.41, 5.74) is 1.24. The summed E-state index contributed by atoms with van der Waals surface area (Å²) >= 11 is 37.4. The number of halogens is 6. The minimum Gasteiger partial charge on any atom is -0.481 e. The molecule has 3 rings (SSSR count). The van der Waals surface area contributed by atoms with Gasteiger partial charge in [-0.2, -0.15) is 0 Å². The Balaban J connectivity index is 2.39. The van der Waals surface area contributed by atoms with Crippen LogP contribution in [-0.2, 0) is 10.2 Å². The number of carbonyl (C=O) groups is 1. The lowest BCUT2D eigenvalue weighted by Crippen LogP contribution is -2.30. The van der Waals surface area contributed by atoms with Crippen LogP contribution >= 0.6 is 69.6 Å². The van der Waals surface area contributed by atoms with Gasteiger partial charge < -0.3 is 5.11 Å². The summed E-state index contributed by atoms with van der Waals surface area (Å²) in [5, 5.41) is 11.7. The molecule has 8 heteroatoms. The van der Waals surface area contributed by atoms with Crippen molar-refractivity contribution in [1.82, 2.24) is 0 Å². The molecule has 3 aromatic carbocycles. The van der Waals surface area contributed by atoms with Gasteiger partial charge in [0.1, 0.15) is 0 Å². The van der Waals surface area contributed by atoms with Crippen molar-refractivity contribution in [2.45, 2.75) is 18.3 Å². The maximum absolute atomic E-state index is 11.6. The zero-order valence-corrected chi connectivity index (χ0v) is 19.8. The number of hydrogen-bond acceptors (Lipinski definition) is 1. The van der Waals surface area contributed by atoms with Gasteiger partial charge in [-0.15, -0.1) is 0 Å². The average molecular weight is 523 g/mol. The molecule has 0 heterocycles. The van der Waals surface area contributed by atoms with Gasteiger partial charge in [0, 0.05) is 11.8 Å². The Morgan fingerprint density at radius 1 is 0.633 bits per heavy atom. The van der Waals surface area contributed by atoms with Crippen LogP contribution in [0.15, 0.2) is 54.6 Å². The molecule has 0 amide bonds. The maximum Gasteiger partial charge on any atom is 0.303 e. The monoisotopic (exact) mass is 520 g/mol. The van der Waals surface area contributed by atoms with E-state index in [-0.39, 0.29) is 12.8 Å². The number of rotatable bonds is 6. The van der Waals surface area contributed by atoms with Crippen LogP contribution in [-0.4, -0.2) is 11.1 Å². The third kappa shape index (κ3) is 4.70. The van der Waals surface area contributed by atoms with E-state index in [4.69, 9.17) is 69.6 Å². The minimum atomic E-state index is -0.949.